The Morgan fingerprint density at radius 1 is 1.19 bits per heavy atom. The standard InChI is InChI=1S/C17H13BrO3/c1-2-20-14-9-4-3-7-12(14)16(19)15-10-11-6-5-8-13(18)17(11)21-15/h3-10H,2H2,1H3. The van der Waals surface area contributed by atoms with Crippen molar-refractivity contribution in [3.63, 3.8) is 0 Å². The predicted octanol–water partition coefficient (Wildman–Crippen LogP) is 4.83. The van der Waals surface area contributed by atoms with E-state index >= 15 is 0 Å². The summed E-state index contributed by atoms with van der Waals surface area (Å²) in [5.41, 5.74) is 1.18. The number of furan rings is 1. The van der Waals surface area contributed by atoms with Gasteiger partial charge in [0, 0.05) is 5.39 Å². The molecule has 3 nitrogen and oxygen atoms in total. The zero-order valence-electron chi connectivity index (χ0n) is 11.4. The number of carbonyl (C=O) groups excluding carboxylic acids is 1. The summed E-state index contributed by atoms with van der Waals surface area (Å²) in [6, 6.07) is 14.6. The largest absolute Gasteiger partial charge is 0.493 e. The molecule has 0 amide bonds. The van der Waals surface area contributed by atoms with E-state index < -0.39 is 0 Å². The number of para-hydroxylation sites is 2. The van der Waals surface area contributed by atoms with Crippen LogP contribution in [0.3, 0.4) is 0 Å². The maximum Gasteiger partial charge on any atom is 0.231 e. The Balaban J connectivity index is 2.06. The van der Waals surface area contributed by atoms with Crippen molar-refractivity contribution in [2.45, 2.75) is 6.92 Å². The Bertz CT molecular complexity index is 805. The lowest BCUT2D eigenvalue weighted by Crippen LogP contribution is -2.04. The van der Waals surface area contributed by atoms with Crippen LogP contribution in [0.5, 0.6) is 5.75 Å². The zero-order valence-corrected chi connectivity index (χ0v) is 13.0. The molecule has 0 aliphatic heterocycles. The minimum absolute atomic E-state index is 0.179. The molecule has 0 saturated carbocycles. The van der Waals surface area contributed by atoms with Crippen LogP contribution in [0.15, 0.2) is 57.4 Å². The SMILES string of the molecule is CCOc1ccccc1C(=O)c1cc2cccc(Br)c2o1. The molecule has 0 spiro atoms. The van der Waals surface area contributed by atoms with Crippen molar-refractivity contribution in [2.75, 3.05) is 6.61 Å². The summed E-state index contributed by atoms with van der Waals surface area (Å²) in [7, 11) is 0. The normalized spacial score (nSPS) is 10.8. The number of rotatable bonds is 4. The van der Waals surface area contributed by atoms with Crippen molar-refractivity contribution < 1.29 is 13.9 Å². The molecule has 0 saturated heterocycles. The van der Waals surface area contributed by atoms with Crippen LogP contribution in [0.2, 0.25) is 0 Å². The second kappa shape index (κ2) is 5.74. The van der Waals surface area contributed by atoms with Crippen LogP contribution in [0.4, 0.5) is 0 Å². The average Bonchev–Trinajstić information content (AvgIpc) is 2.93. The molecule has 0 unspecified atom stereocenters. The van der Waals surface area contributed by atoms with E-state index in [-0.39, 0.29) is 5.78 Å². The van der Waals surface area contributed by atoms with Gasteiger partial charge in [0.2, 0.25) is 5.78 Å². The van der Waals surface area contributed by atoms with Crippen molar-refractivity contribution >= 4 is 32.7 Å². The van der Waals surface area contributed by atoms with Gasteiger partial charge in [0.15, 0.2) is 5.76 Å². The number of ether oxygens (including phenoxy) is 1. The van der Waals surface area contributed by atoms with E-state index in [9.17, 15) is 4.79 Å². The van der Waals surface area contributed by atoms with E-state index in [1.54, 1.807) is 18.2 Å². The number of hydrogen-bond acceptors (Lipinski definition) is 3. The maximum atomic E-state index is 12.6. The van der Waals surface area contributed by atoms with Crippen LogP contribution >= 0.6 is 15.9 Å². The number of halogens is 1. The lowest BCUT2D eigenvalue weighted by Gasteiger charge is -2.07. The molecule has 1 heterocycles. The topological polar surface area (TPSA) is 39.4 Å². The summed E-state index contributed by atoms with van der Waals surface area (Å²) in [4.78, 5) is 12.6. The van der Waals surface area contributed by atoms with Crippen LogP contribution in [0.25, 0.3) is 11.0 Å². The van der Waals surface area contributed by atoms with E-state index in [0.717, 1.165) is 9.86 Å². The van der Waals surface area contributed by atoms with E-state index in [1.165, 1.54) is 0 Å². The number of carbonyl (C=O) groups is 1. The highest BCUT2D eigenvalue weighted by molar-refractivity contribution is 9.10. The molecule has 1 aromatic heterocycles. The number of benzene rings is 2. The first-order chi connectivity index (χ1) is 10.2. The Labute approximate surface area is 130 Å². The number of hydrogen-bond donors (Lipinski definition) is 0. The van der Waals surface area contributed by atoms with E-state index in [0.29, 0.717) is 29.3 Å². The van der Waals surface area contributed by atoms with Crippen LogP contribution < -0.4 is 4.74 Å². The molecule has 3 rings (SSSR count). The highest BCUT2D eigenvalue weighted by Crippen LogP contribution is 2.29. The Morgan fingerprint density at radius 2 is 2.00 bits per heavy atom. The van der Waals surface area contributed by atoms with Gasteiger partial charge in [0.05, 0.1) is 16.6 Å². The van der Waals surface area contributed by atoms with Gasteiger partial charge in [0.25, 0.3) is 0 Å². The molecule has 0 radical (unpaired) electrons. The molecular formula is C17H13BrO3. The molecule has 2 aromatic carbocycles. The predicted molar refractivity (Wildman–Crippen MR) is 85.0 cm³/mol. The first-order valence-electron chi connectivity index (χ1n) is 6.65. The molecule has 4 heteroatoms. The van der Waals surface area contributed by atoms with Gasteiger partial charge in [-0.1, -0.05) is 24.3 Å². The highest BCUT2D eigenvalue weighted by Gasteiger charge is 2.19. The van der Waals surface area contributed by atoms with Gasteiger partial charge in [0.1, 0.15) is 11.3 Å². The first kappa shape index (κ1) is 13.9. The highest BCUT2D eigenvalue weighted by atomic mass is 79.9. The molecule has 21 heavy (non-hydrogen) atoms. The number of ketones is 1. The van der Waals surface area contributed by atoms with Gasteiger partial charge in [-0.05, 0) is 47.1 Å². The second-order valence-electron chi connectivity index (χ2n) is 4.53. The van der Waals surface area contributed by atoms with Crippen LogP contribution in [0.1, 0.15) is 23.0 Å². The third-order valence-corrected chi connectivity index (χ3v) is 3.78. The Morgan fingerprint density at radius 3 is 2.76 bits per heavy atom. The molecule has 0 bridgehead atoms. The lowest BCUT2D eigenvalue weighted by molar-refractivity contribution is 0.101. The van der Waals surface area contributed by atoms with Crippen LogP contribution in [-0.4, -0.2) is 12.4 Å². The van der Waals surface area contributed by atoms with Gasteiger partial charge < -0.3 is 9.15 Å². The molecular weight excluding hydrogens is 332 g/mol. The molecule has 0 aliphatic carbocycles. The fourth-order valence-corrected chi connectivity index (χ4v) is 2.67. The minimum Gasteiger partial charge on any atom is -0.493 e. The summed E-state index contributed by atoms with van der Waals surface area (Å²) < 4.78 is 12.0. The molecule has 106 valence electrons. The summed E-state index contributed by atoms with van der Waals surface area (Å²) in [5.74, 6) is 0.704. The van der Waals surface area contributed by atoms with E-state index in [4.69, 9.17) is 9.15 Å². The summed E-state index contributed by atoms with van der Waals surface area (Å²) >= 11 is 3.43. The average molecular weight is 345 g/mol. The number of fused-ring (bicyclic) bond motifs is 1. The third-order valence-electron chi connectivity index (χ3n) is 3.15. The minimum atomic E-state index is -0.179. The van der Waals surface area contributed by atoms with Crippen molar-refractivity contribution in [3.05, 3.63) is 64.3 Å². The van der Waals surface area contributed by atoms with Gasteiger partial charge in [-0.15, -0.1) is 0 Å². The fourth-order valence-electron chi connectivity index (χ4n) is 2.21. The molecule has 0 fully saturated rings. The van der Waals surface area contributed by atoms with Crippen LogP contribution in [0, 0.1) is 0 Å². The summed E-state index contributed by atoms with van der Waals surface area (Å²) in [5, 5.41) is 0.890. The van der Waals surface area contributed by atoms with Crippen molar-refractivity contribution in [3.8, 4) is 5.75 Å². The quantitative estimate of drug-likeness (QED) is 0.636. The smallest absolute Gasteiger partial charge is 0.231 e. The summed E-state index contributed by atoms with van der Waals surface area (Å²) in [6.07, 6.45) is 0. The Hall–Kier alpha value is -2.07. The lowest BCUT2D eigenvalue weighted by atomic mass is 10.1. The first-order valence-corrected chi connectivity index (χ1v) is 7.44. The van der Waals surface area contributed by atoms with Crippen LogP contribution in [-0.2, 0) is 0 Å². The summed E-state index contributed by atoms with van der Waals surface area (Å²) in [6.45, 7) is 2.40. The van der Waals surface area contributed by atoms with Gasteiger partial charge in [-0.2, -0.15) is 0 Å². The fraction of sp³-hybridized carbons (Fsp3) is 0.118. The van der Waals surface area contributed by atoms with Crippen molar-refractivity contribution in [2.24, 2.45) is 0 Å². The van der Waals surface area contributed by atoms with E-state index in [1.807, 2.05) is 37.3 Å². The maximum absolute atomic E-state index is 12.6. The second-order valence-corrected chi connectivity index (χ2v) is 5.38. The Kier molecular flexibility index (Phi) is 3.80. The van der Waals surface area contributed by atoms with Crippen molar-refractivity contribution in [1.29, 1.82) is 0 Å². The molecule has 3 aromatic rings. The van der Waals surface area contributed by atoms with Gasteiger partial charge in [-0.3, -0.25) is 4.79 Å². The van der Waals surface area contributed by atoms with Crippen molar-refractivity contribution in [1.82, 2.24) is 0 Å². The van der Waals surface area contributed by atoms with Gasteiger partial charge >= 0.3 is 0 Å². The monoisotopic (exact) mass is 344 g/mol. The molecule has 0 N–H and O–H groups in total. The van der Waals surface area contributed by atoms with E-state index in [2.05, 4.69) is 15.9 Å². The van der Waals surface area contributed by atoms with Gasteiger partial charge in [-0.25, -0.2) is 0 Å². The molecule has 0 aliphatic rings. The molecule has 0 atom stereocenters. The zero-order chi connectivity index (χ0) is 14.8. The third kappa shape index (κ3) is 2.59.